The van der Waals surface area contributed by atoms with E-state index in [2.05, 4.69) is 15.5 Å². The van der Waals surface area contributed by atoms with E-state index in [9.17, 15) is 9.18 Å². The second kappa shape index (κ2) is 11.3. The molecule has 0 bridgehead atoms. The van der Waals surface area contributed by atoms with Crippen molar-refractivity contribution in [3.05, 3.63) is 59.7 Å². The quantitative estimate of drug-likeness (QED) is 0.438. The molecule has 0 unspecified atom stereocenters. The normalized spacial score (nSPS) is 15.3. The number of ether oxygens (including phenoxy) is 3. The fourth-order valence-corrected chi connectivity index (χ4v) is 4.78. The summed E-state index contributed by atoms with van der Waals surface area (Å²) in [5.41, 5.74) is 0.739. The molecule has 0 spiro atoms. The van der Waals surface area contributed by atoms with Crippen LogP contribution in [-0.2, 0) is 11.2 Å². The zero-order chi connectivity index (χ0) is 23.9. The lowest BCUT2D eigenvalue weighted by atomic mass is 10.1. The van der Waals surface area contributed by atoms with E-state index in [1.54, 1.807) is 41.0 Å². The first kappa shape index (κ1) is 24.0. The van der Waals surface area contributed by atoms with Crippen molar-refractivity contribution >= 4 is 17.7 Å². The third-order valence-electron chi connectivity index (χ3n) is 5.50. The SMILES string of the molecule is COc1ccc(OC)c(C(=O)NCCc2nnc(SC[C@@H]3CCCO3)n2-c2ccccc2F)c1. The van der Waals surface area contributed by atoms with Crippen molar-refractivity contribution in [2.75, 3.05) is 33.1 Å². The van der Waals surface area contributed by atoms with Crippen molar-refractivity contribution in [3.63, 3.8) is 0 Å². The molecule has 1 aromatic heterocycles. The van der Waals surface area contributed by atoms with E-state index in [0.717, 1.165) is 25.2 Å². The molecular weight excluding hydrogens is 459 g/mol. The van der Waals surface area contributed by atoms with Gasteiger partial charge in [0, 0.05) is 25.3 Å². The summed E-state index contributed by atoms with van der Waals surface area (Å²) >= 11 is 1.49. The van der Waals surface area contributed by atoms with Crippen molar-refractivity contribution in [1.29, 1.82) is 0 Å². The lowest BCUT2D eigenvalue weighted by Crippen LogP contribution is -2.27. The molecule has 2 aromatic carbocycles. The minimum atomic E-state index is -0.368. The van der Waals surface area contributed by atoms with Gasteiger partial charge in [-0.25, -0.2) is 4.39 Å². The van der Waals surface area contributed by atoms with Crippen LogP contribution in [0.3, 0.4) is 0 Å². The highest BCUT2D eigenvalue weighted by Crippen LogP contribution is 2.27. The molecule has 10 heteroatoms. The van der Waals surface area contributed by atoms with Crippen LogP contribution in [-0.4, -0.2) is 59.9 Å². The van der Waals surface area contributed by atoms with Crippen LogP contribution in [0.15, 0.2) is 47.6 Å². The molecule has 0 saturated carbocycles. The minimum Gasteiger partial charge on any atom is -0.497 e. The molecule has 3 aromatic rings. The van der Waals surface area contributed by atoms with E-state index in [-0.39, 0.29) is 24.4 Å². The van der Waals surface area contributed by atoms with Gasteiger partial charge in [0.25, 0.3) is 5.91 Å². The van der Waals surface area contributed by atoms with Crippen LogP contribution in [0.25, 0.3) is 5.69 Å². The average Bonchev–Trinajstić information content (AvgIpc) is 3.52. The van der Waals surface area contributed by atoms with E-state index in [0.29, 0.717) is 40.2 Å². The maximum Gasteiger partial charge on any atom is 0.255 e. The predicted octanol–water partition coefficient (Wildman–Crippen LogP) is 3.67. The molecule has 1 aliphatic heterocycles. The van der Waals surface area contributed by atoms with Gasteiger partial charge in [-0.15, -0.1) is 10.2 Å². The van der Waals surface area contributed by atoms with Crippen molar-refractivity contribution < 1.29 is 23.4 Å². The number of nitrogens with one attached hydrogen (secondary N) is 1. The number of halogens is 1. The largest absolute Gasteiger partial charge is 0.497 e. The number of amides is 1. The van der Waals surface area contributed by atoms with Crippen LogP contribution < -0.4 is 14.8 Å². The van der Waals surface area contributed by atoms with E-state index >= 15 is 0 Å². The van der Waals surface area contributed by atoms with Gasteiger partial charge in [0.15, 0.2) is 5.16 Å². The molecule has 8 nitrogen and oxygen atoms in total. The Balaban J connectivity index is 1.49. The first-order chi connectivity index (χ1) is 16.6. The molecule has 1 atom stereocenters. The van der Waals surface area contributed by atoms with Crippen LogP contribution in [0.5, 0.6) is 11.5 Å². The number of para-hydroxylation sites is 1. The standard InChI is InChI=1S/C24H27FN4O4S/c1-31-16-9-10-21(32-2)18(14-16)23(30)26-12-11-22-27-28-24(34-15-17-6-5-13-33-17)29(22)20-8-4-3-7-19(20)25/h3-4,7-10,14,17H,5-6,11-13,15H2,1-2H3,(H,26,30)/t17-/m0/s1. The lowest BCUT2D eigenvalue weighted by Gasteiger charge is -2.13. The fraction of sp³-hybridized carbons (Fsp3) is 0.375. The summed E-state index contributed by atoms with van der Waals surface area (Å²) < 4.78 is 32.6. The number of carbonyl (C=O) groups is 1. The Bertz CT molecular complexity index is 1130. The van der Waals surface area contributed by atoms with Crippen molar-refractivity contribution in [1.82, 2.24) is 20.1 Å². The molecule has 1 aliphatic rings. The van der Waals surface area contributed by atoms with Crippen LogP contribution in [0, 0.1) is 5.82 Å². The lowest BCUT2D eigenvalue weighted by molar-refractivity contribution is 0.0950. The summed E-state index contributed by atoms with van der Waals surface area (Å²) in [6.45, 7) is 1.05. The molecule has 0 radical (unpaired) electrons. The Morgan fingerprint density at radius 1 is 1.24 bits per heavy atom. The van der Waals surface area contributed by atoms with Crippen molar-refractivity contribution in [3.8, 4) is 17.2 Å². The van der Waals surface area contributed by atoms with E-state index < -0.39 is 0 Å². The van der Waals surface area contributed by atoms with Gasteiger partial charge in [-0.05, 0) is 43.2 Å². The Labute approximate surface area is 201 Å². The first-order valence-electron chi connectivity index (χ1n) is 11.0. The van der Waals surface area contributed by atoms with Gasteiger partial charge < -0.3 is 19.5 Å². The Hall–Kier alpha value is -3.11. The zero-order valence-electron chi connectivity index (χ0n) is 19.1. The van der Waals surface area contributed by atoms with Gasteiger partial charge in [-0.3, -0.25) is 9.36 Å². The number of methoxy groups -OCH3 is 2. The smallest absolute Gasteiger partial charge is 0.255 e. The molecule has 1 fully saturated rings. The second-order valence-electron chi connectivity index (χ2n) is 7.70. The summed E-state index contributed by atoms with van der Waals surface area (Å²) in [5, 5.41) is 12.1. The number of aromatic nitrogens is 3. The van der Waals surface area contributed by atoms with Gasteiger partial charge in [0.05, 0.1) is 31.6 Å². The first-order valence-corrected chi connectivity index (χ1v) is 12.0. The Kier molecular flexibility index (Phi) is 8.02. The summed E-state index contributed by atoms with van der Waals surface area (Å²) in [5.74, 6) is 1.60. The predicted molar refractivity (Wildman–Crippen MR) is 127 cm³/mol. The number of carbonyl (C=O) groups excluding carboxylic acids is 1. The van der Waals surface area contributed by atoms with Gasteiger partial charge in [0.1, 0.15) is 23.1 Å². The van der Waals surface area contributed by atoms with Crippen LogP contribution >= 0.6 is 11.8 Å². The zero-order valence-corrected chi connectivity index (χ0v) is 19.9. The molecule has 1 saturated heterocycles. The van der Waals surface area contributed by atoms with Gasteiger partial charge in [-0.2, -0.15) is 0 Å². The van der Waals surface area contributed by atoms with Crippen LogP contribution in [0.2, 0.25) is 0 Å². The van der Waals surface area contributed by atoms with Crippen LogP contribution in [0.4, 0.5) is 4.39 Å². The minimum absolute atomic E-state index is 0.163. The summed E-state index contributed by atoms with van der Waals surface area (Å²) in [7, 11) is 3.04. The molecule has 2 heterocycles. The number of rotatable bonds is 10. The number of hydrogen-bond acceptors (Lipinski definition) is 7. The van der Waals surface area contributed by atoms with Gasteiger partial charge in [-0.1, -0.05) is 23.9 Å². The topological polar surface area (TPSA) is 87.5 Å². The highest BCUT2D eigenvalue weighted by atomic mass is 32.2. The molecule has 180 valence electrons. The number of thioether (sulfide) groups is 1. The summed E-state index contributed by atoms with van der Waals surface area (Å²) in [4.78, 5) is 12.8. The number of nitrogens with zero attached hydrogens (tertiary/aromatic N) is 3. The van der Waals surface area contributed by atoms with E-state index in [1.165, 1.54) is 32.0 Å². The fourth-order valence-electron chi connectivity index (χ4n) is 3.75. The highest BCUT2D eigenvalue weighted by molar-refractivity contribution is 7.99. The van der Waals surface area contributed by atoms with Gasteiger partial charge >= 0.3 is 0 Å². The third-order valence-corrected chi connectivity index (χ3v) is 6.56. The van der Waals surface area contributed by atoms with Crippen molar-refractivity contribution in [2.24, 2.45) is 0 Å². The average molecular weight is 487 g/mol. The monoisotopic (exact) mass is 486 g/mol. The third kappa shape index (κ3) is 5.51. The number of benzene rings is 2. The summed E-state index contributed by atoms with van der Waals surface area (Å²) in [6.07, 6.45) is 2.58. The number of hydrogen-bond donors (Lipinski definition) is 1. The summed E-state index contributed by atoms with van der Waals surface area (Å²) in [6, 6.07) is 11.5. The Morgan fingerprint density at radius 2 is 2.09 bits per heavy atom. The molecule has 1 amide bonds. The molecule has 4 rings (SSSR count). The van der Waals surface area contributed by atoms with Crippen LogP contribution in [0.1, 0.15) is 29.0 Å². The molecule has 34 heavy (non-hydrogen) atoms. The maximum absolute atomic E-state index is 14.7. The van der Waals surface area contributed by atoms with E-state index in [1.807, 2.05) is 0 Å². The van der Waals surface area contributed by atoms with Gasteiger partial charge in [0.2, 0.25) is 0 Å². The van der Waals surface area contributed by atoms with E-state index in [4.69, 9.17) is 14.2 Å². The highest BCUT2D eigenvalue weighted by Gasteiger charge is 2.21. The molecular formula is C24H27FN4O4S. The Morgan fingerprint density at radius 3 is 2.82 bits per heavy atom. The molecule has 1 N–H and O–H groups in total. The molecule has 0 aliphatic carbocycles. The second-order valence-corrected chi connectivity index (χ2v) is 8.69. The van der Waals surface area contributed by atoms with Crippen molar-refractivity contribution in [2.45, 2.75) is 30.5 Å². The maximum atomic E-state index is 14.7.